The highest BCUT2D eigenvalue weighted by molar-refractivity contribution is 7.22. The molecule has 1 aliphatic rings. The van der Waals surface area contributed by atoms with E-state index >= 15 is 0 Å². The standard InChI is InChI=1S/C21H23F2N5O3S/c1-11-10-27(21(31)26-20-25-16-4-3-14(22)8-17(16)32-20)5-6-28(11)19-15(23)7-13(9-24-19)18(30)12(2)29/h3-4,7-9,11-12,18,29-30H,5-6,10H2,1-2H3,(H,25,26,31)/t11-,12-,18+/m0/s1. The minimum Gasteiger partial charge on any atom is -0.390 e. The van der Waals surface area contributed by atoms with Gasteiger partial charge in [0.05, 0.1) is 16.3 Å². The SMILES string of the molecule is C[C@H](O)[C@@H](O)c1cnc(N2CCN(C(=O)Nc3nc4ccc(F)cc4s3)C[C@@H]2C)c(F)c1. The van der Waals surface area contributed by atoms with E-state index in [1.165, 1.54) is 42.7 Å². The largest absolute Gasteiger partial charge is 0.390 e. The van der Waals surface area contributed by atoms with Crippen LogP contribution in [-0.2, 0) is 0 Å². The second kappa shape index (κ2) is 8.93. The average molecular weight is 464 g/mol. The summed E-state index contributed by atoms with van der Waals surface area (Å²) < 4.78 is 28.7. The van der Waals surface area contributed by atoms with E-state index in [0.29, 0.717) is 35.0 Å². The molecule has 2 aromatic heterocycles. The van der Waals surface area contributed by atoms with E-state index in [9.17, 15) is 23.8 Å². The molecule has 1 saturated heterocycles. The third-order valence-corrected chi connectivity index (χ3v) is 6.33. The molecule has 11 heteroatoms. The smallest absolute Gasteiger partial charge is 0.323 e. The van der Waals surface area contributed by atoms with Gasteiger partial charge in [-0.15, -0.1) is 0 Å². The summed E-state index contributed by atoms with van der Waals surface area (Å²) in [5, 5.41) is 22.5. The number of urea groups is 1. The van der Waals surface area contributed by atoms with Gasteiger partial charge in [-0.25, -0.2) is 23.5 Å². The minimum atomic E-state index is -1.22. The zero-order valence-corrected chi connectivity index (χ0v) is 18.3. The van der Waals surface area contributed by atoms with Gasteiger partial charge in [0.1, 0.15) is 11.9 Å². The summed E-state index contributed by atoms with van der Waals surface area (Å²) in [6.07, 6.45) is -0.919. The Balaban J connectivity index is 1.42. The van der Waals surface area contributed by atoms with E-state index in [4.69, 9.17) is 0 Å². The number of halogens is 2. The number of anilines is 2. The van der Waals surface area contributed by atoms with Crippen molar-refractivity contribution >= 4 is 38.5 Å². The number of piperazine rings is 1. The molecule has 0 saturated carbocycles. The number of aliphatic hydroxyl groups excluding tert-OH is 2. The molecule has 3 N–H and O–H groups in total. The topological polar surface area (TPSA) is 102 Å². The van der Waals surface area contributed by atoms with Gasteiger partial charge in [0.2, 0.25) is 0 Å². The molecule has 2 amide bonds. The number of amides is 2. The number of rotatable bonds is 4. The Morgan fingerprint density at radius 2 is 2.06 bits per heavy atom. The van der Waals surface area contributed by atoms with E-state index < -0.39 is 18.0 Å². The maximum absolute atomic E-state index is 14.7. The molecule has 3 heterocycles. The Bertz CT molecular complexity index is 1140. The molecule has 3 aromatic rings. The van der Waals surface area contributed by atoms with Crippen LogP contribution in [0.3, 0.4) is 0 Å². The van der Waals surface area contributed by atoms with Crippen LogP contribution in [0, 0.1) is 11.6 Å². The van der Waals surface area contributed by atoms with Crippen molar-refractivity contribution in [3.63, 3.8) is 0 Å². The molecule has 0 aliphatic carbocycles. The first-order valence-electron chi connectivity index (χ1n) is 10.1. The van der Waals surface area contributed by atoms with Gasteiger partial charge in [0.15, 0.2) is 16.8 Å². The van der Waals surface area contributed by atoms with E-state index in [1.807, 2.05) is 6.92 Å². The Hall–Kier alpha value is -2.89. The second-order valence-electron chi connectivity index (χ2n) is 7.81. The van der Waals surface area contributed by atoms with Crippen molar-refractivity contribution in [1.29, 1.82) is 0 Å². The molecule has 0 bridgehead atoms. The first-order chi connectivity index (χ1) is 15.2. The minimum absolute atomic E-state index is 0.132. The molecule has 32 heavy (non-hydrogen) atoms. The molecular weight excluding hydrogens is 440 g/mol. The summed E-state index contributed by atoms with van der Waals surface area (Å²) in [4.78, 5) is 24.5. The summed E-state index contributed by atoms with van der Waals surface area (Å²) in [6, 6.07) is 4.87. The molecule has 170 valence electrons. The zero-order valence-electron chi connectivity index (χ0n) is 17.5. The maximum Gasteiger partial charge on any atom is 0.323 e. The van der Waals surface area contributed by atoms with E-state index in [1.54, 1.807) is 15.9 Å². The predicted octanol–water partition coefficient (Wildman–Crippen LogP) is 3.13. The summed E-state index contributed by atoms with van der Waals surface area (Å²) >= 11 is 1.19. The van der Waals surface area contributed by atoms with Crippen LogP contribution < -0.4 is 10.2 Å². The highest BCUT2D eigenvalue weighted by Crippen LogP contribution is 2.28. The number of thiazole rings is 1. The lowest BCUT2D eigenvalue weighted by atomic mass is 10.1. The number of carbonyl (C=O) groups excluding carboxylic acids is 1. The molecular formula is C21H23F2N5O3S. The van der Waals surface area contributed by atoms with Crippen LogP contribution in [0.4, 0.5) is 24.5 Å². The number of carbonyl (C=O) groups is 1. The van der Waals surface area contributed by atoms with Crippen molar-refractivity contribution < 1.29 is 23.8 Å². The van der Waals surface area contributed by atoms with Crippen LogP contribution in [-0.4, -0.2) is 62.9 Å². The number of fused-ring (bicyclic) bond motifs is 1. The number of hydrogen-bond donors (Lipinski definition) is 3. The number of aromatic nitrogens is 2. The Kier molecular flexibility index (Phi) is 6.22. The fourth-order valence-corrected chi connectivity index (χ4v) is 4.56. The lowest BCUT2D eigenvalue weighted by Gasteiger charge is -2.40. The molecule has 0 spiro atoms. The fourth-order valence-electron chi connectivity index (χ4n) is 3.68. The number of aliphatic hydroxyl groups is 2. The van der Waals surface area contributed by atoms with Crippen molar-refractivity contribution in [3.05, 3.63) is 47.7 Å². The molecule has 1 aliphatic heterocycles. The number of nitrogens with zero attached hydrogens (tertiary/aromatic N) is 4. The molecule has 8 nitrogen and oxygen atoms in total. The van der Waals surface area contributed by atoms with Gasteiger partial charge in [-0.3, -0.25) is 5.32 Å². The third-order valence-electron chi connectivity index (χ3n) is 5.39. The number of hydrogen-bond acceptors (Lipinski definition) is 7. The van der Waals surface area contributed by atoms with Gasteiger partial charge in [-0.05, 0) is 38.1 Å². The average Bonchev–Trinajstić information content (AvgIpc) is 3.14. The summed E-state index contributed by atoms with van der Waals surface area (Å²) in [6.45, 7) is 4.32. The van der Waals surface area contributed by atoms with Crippen LogP contribution in [0.5, 0.6) is 0 Å². The fraction of sp³-hybridized carbons (Fsp3) is 0.381. The molecule has 3 atom stereocenters. The van der Waals surface area contributed by atoms with Crippen molar-refractivity contribution in [2.75, 3.05) is 29.9 Å². The highest BCUT2D eigenvalue weighted by Gasteiger charge is 2.30. The second-order valence-corrected chi connectivity index (χ2v) is 8.84. The summed E-state index contributed by atoms with van der Waals surface area (Å²) in [5.74, 6) is -0.834. The van der Waals surface area contributed by atoms with Crippen LogP contribution in [0.2, 0.25) is 0 Å². The van der Waals surface area contributed by atoms with Crippen molar-refractivity contribution in [2.45, 2.75) is 32.1 Å². The van der Waals surface area contributed by atoms with Gasteiger partial charge >= 0.3 is 6.03 Å². The summed E-state index contributed by atoms with van der Waals surface area (Å²) in [7, 11) is 0. The summed E-state index contributed by atoms with van der Waals surface area (Å²) in [5.41, 5.74) is 0.804. The van der Waals surface area contributed by atoms with Crippen molar-refractivity contribution in [1.82, 2.24) is 14.9 Å². The van der Waals surface area contributed by atoms with Crippen LogP contribution in [0.15, 0.2) is 30.5 Å². The van der Waals surface area contributed by atoms with Crippen LogP contribution >= 0.6 is 11.3 Å². The number of pyridine rings is 1. The number of nitrogens with one attached hydrogen (secondary N) is 1. The van der Waals surface area contributed by atoms with E-state index in [0.717, 1.165) is 0 Å². The highest BCUT2D eigenvalue weighted by atomic mass is 32.1. The maximum atomic E-state index is 14.7. The van der Waals surface area contributed by atoms with Crippen LogP contribution in [0.1, 0.15) is 25.5 Å². The number of benzene rings is 1. The Morgan fingerprint density at radius 3 is 2.75 bits per heavy atom. The molecule has 0 unspecified atom stereocenters. The molecule has 1 aromatic carbocycles. The quantitative estimate of drug-likeness (QED) is 0.550. The van der Waals surface area contributed by atoms with Gasteiger partial charge in [-0.2, -0.15) is 0 Å². The molecule has 1 fully saturated rings. The lowest BCUT2D eigenvalue weighted by molar-refractivity contribution is 0.0301. The zero-order chi connectivity index (χ0) is 23.0. The van der Waals surface area contributed by atoms with Crippen LogP contribution in [0.25, 0.3) is 10.2 Å². The normalized spacial score (nSPS) is 18.6. The van der Waals surface area contributed by atoms with Gasteiger partial charge < -0.3 is 20.0 Å². The Morgan fingerprint density at radius 1 is 1.28 bits per heavy atom. The third kappa shape index (κ3) is 4.50. The lowest BCUT2D eigenvalue weighted by Crippen LogP contribution is -2.55. The van der Waals surface area contributed by atoms with E-state index in [-0.39, 0.29) is 29.3 Å². The van der Waals surface area contributed by atoms with Crippen molar-refractivity contribution in [3.8, 4) is 0 Å². The predicted molar refractivity (Wildman–Crippen MR) is 118 cm³/mol. The Labute approximate surface area is 187 Å². The van der Waals surface area contributed by atoms with Gasteiger partial charge in [-0.1, -0.05) is 11.3 Å². The van der Waals surface area contributed by atoms with E-state index in [2.05, 4.69) is 15.3 Å². The van der Waals surface area contributed by atoms with Gasteiger partial charge in [0.25, 0.3) is 0 Å². The first kappa shape index (κ1) is 22.3. The van der Waals surface area contributed by atoms with Crippen molar-refractivity contribution in [2.24, 2.45) is 0 Å². The molecule has 0 radical (unpaired) electrons. The monoisotopic (exact) mass is 463 g/mol. The first-order valence-corrected chi connectivity index (χ1v) is 10.9. The molecule has 4 rings (SSSR count). The van der Waals surface area contributed by atoms with Gasteiger partial charge in [0, 0.05) is 37.4 Å².